The smallest absolute Gasteiger partial charge is 0.304 e. The Morgan fingerprint density at radius 2 is 1.82 bits per heavy atom. The van der Waals surface area contributed by atoms with Crippen molar-refractivity contribution in [2.45, 2.75) is 33.2 Å². The number of nitrogens with two attached hydrogens (primary N) is 1. The summed E-state index contributed by atoms with van der Waals surface area (Å²) >= 11 is 0. The minimum Gasteiger partial charge on any atom is -0.481 e. The maximum Gasteiger partial charge on any atom is 0.304 e. The molecule has 0 saturated carbocycles. The Morgan fingerprint density at radius 3 is 2.12 bits per heavy atom. The van der Waals surface area contributed by atoms with Gasteiger partial charge in [-0.25, -0.2) is 0 Å². The van der Waals surface area contributed by atoms with Crippen LogP contribution in [0, 0.1) is 11.8 Å². The van der Waals surface area contributed by atoms with Crippen molar-refractivity contribution in [3.8, 4) is 0 Å². The Bertz CT molecular complexity index is 302. The van der Waals surface area contributed by atoms with Crippen molar-refractivity contribution in [2.24, 2.45) is 17.6 Å². The fourth-order valence-corrected chi connectivity index (χ4v) is 1.42. The largest absolute Gasteiger partial charge is 0.481 e. The second kappa shape index (κ2) is 7.01. The van der Waals surface area contributed by atoms with Gasteiger partial charge in [-0.05, 0) is 12.8 Å². The van der Waals surface area contributed by atoms with Gasteiger partial charge < -0.3 is 16.2 Å². The fraction of sp³-hybridized carbons (Fsp3) is 0.727. The van der Waals surface area contributed by atoms with Crippen LogP contribution in [0.4, 0.5) is 0 Å². The first-order valence-electron chi connectivity index (χ1n) is 5.52. The molecule has 0 spiro atoms. The molecule has 2 unspecified atom stereocenters. The molecule has 6 nitrogen and oxygen atoms in total. The number of carbonyl (C=O) groups excluding carboxylic acids is 2. The predicted molar refractivity (Wildman–Crippen MR) is 62.2 cm³/mol. The highest BCUT2D eigenvalue weighted by Gasteiger charge is 2.27. The molecule has 0 aromatic carbocycles. The highest BCUT2D eigenvalue weighted by atomic mass is 16.4. The Morgan fingerprint density at radius 1 is 1.29 bits per heavy atom. The number of aliphatic carboxylic acids is 1. The molecular weight excluding hydrogens is 224 g/mol. The summed E-state index contributed by atoms with van der Waals surface area (Å²) in [4.78, 5) is 33.6. The quantitative estimate of drug-likeness (QED) is 0.573. The zero-order valence-corrected chi connectivity index (χ0v) is 10.4. The molecule has 0 aliphatic rings. The molecule has 4 N–H and O–H groups in total. The molecule has 0 aliphatic heterocycles. The average molecular weight is 244 g/mol. The molecular formula is C11H20N2O4. The molecule has 1 amide bonds. The van der Waals surface area contributed by atoms with Crippen molar-refractivity contribution in [3.05, 3.63) is 0 Å². The molecule has 0 rings (SSSR count). The van der Waals surface area contributed by atoms with Crippen LogP contribution in [0.25, 0.3) is 0 Å². The number of rotatable bonds is 7. The summed E-state index contributed by atoms with van der Waals surface area (Å²) in [5, 5.41) is 11.2. The zero-order chi connectivity index (χ0) is 13.6. The lowest BCUT2D eigenvalue weighted by atomic mass is 9.91. The number of ketones is 1. The number of carboxylic acids is 1. The fourth-order valence-electron chi connectivity index (χ4n) is 1.42. The highest BCUT2D eigenvalue weighted by molar-refractivity contribution is 5.90. The summed E-state index contributed by atoms with van der Waals surface area (Å²) in [5.74, 6) is -2.48. The lowest BCUT2D eigenvalue weighted by molar-refractivity contribution is -0.142. The van der Waals surface area contributed by atoms with E-state index in [0.29, 0.717) is 0 Å². The van der Waals surface area contributed by atoms with Crippen LogP contribution >= 0.6 is 0 Å². The van der Waals surface area contributed by atoms with Gasteiger partial charge in [-0.1, -0.05) is 13.8 Å². The third kappa shape index (κ3) is 5.44. The van der Waals surface area contributed by atoms with Crippen LogP contribution in [-0.2, 0) is 14.4 Å². The first-order chi connectivity index (χ1) is 7.79. The SMILES string of the molecule is CC(=O)C(CN)NC(=O)C(CC(=O)O)C(C)C. The van der Waals surface area contributed by atoms with Crippen molar-refractivity contribution in [1.82, 2.24) is 5.32 Å². The summed E-state index contributed by atoms with van der Waals surface area (Å²) in [6.45, 7) is 4.87. The molecule has 2 atom stereocenters. The molecule has 0 aromatic rings. The Kier molecular flexibility index (Phi) is 6.42. The zero-order valence-electron chi connectivity index (χ0n) is 10.4. The number of carboxylic acid groups (broad SMARTS) is 1. The Balaban J connectivity index is 4.62. The Hall–Kier alpha value is -1.43. The molecule has 0 radical (unpaired) electrons. The second-order valence-corrected chi connectivity index (χ2v) is 4.36. The van der Waals surface area contributed by atoms with E-state index in [2.05, 4.69) is 5.32 Å². The van der Waals surface area contributed by atoms with Crippen molar-refractivity contribution >= 4 is 17.7 Å². The van der Waals surface area contributed by atoms with E-state index in [-0.39, 0.29) is 24.7 Å². The topological polar surface area (TPSA) is 109 Å². The minimum atomic E-state index is -1.04. The van der Waals surface area contributed by atoms with E-state index in [1.807, 2.05) is 0 Å². The minimum absolute atomic E-state index is 0.0129. The number of nitrogens with one attached hydrogen (secondary N) is 1. The molecule has 17 heavy (non-hydrogen) atoms. The van der Waals surface area contributed by atoms with Gasteiger partial charge in [0.1, 0.15) is 0 Å². The van der Waals surface area contributed by atoms with Crippen molar-refractivity contribution in [1.29, 1.82) is 0 Å². The van der Waals surface area contributed by atoms with Gasteiger partial charge >= 0.3 is 5.97 Å². The number of Topliss-reactive ketones (excluding diaryl/α,β-unsaturated/α-hetero) is 1. The molecule has 0 fully saturated rings. The van der Waals surface area contributed by atoms with Gasteiger partial charge in [0.15, 0.2) is 5.78 Å². The van der Waals surface area contributed by atoms with Gasteiger partial charge in [-0.2, -0.15) is 0 Å². The summed E-state index contributed by atoms with van der Waals surface area (Å²) in [6, 6.07) is -0.738. The van der Waals surface area contributed by atoms with Crippen LogP contribution in [0.1, 0.15) is 27.2 Å². The van der Waals surface area contributed by atoms with E-state index >= 15 is 0 Å². The predicted octanol–water partition coefficient (Wildman–Crippen LogP) is -0.234. The highest BCUT2D eigenvalue weighted by Crippen LogP contribution is 2.15. The maximum absolute atomic E-state index is 11.8. The van der Waals surface area contributed by atoms with E-state index in [4.69, 9.17) is 10.8 Å². The standard InChI is InChI=1S/C11H20N2O4/c1-6(2)8(4-10(15)16)11(17)13-9(5-12)7(3)14/h6,8-9H,4-5,12H2,1-3H3,(H,13,17)(H,15,16). The number of carbonyl (C=O) groups is 3. The van der Waals surface area contributed by atoms with Gasteiger partial charge in [0.25, 0.3) is 0 Å². The van der Waals surface area contributed by atoms with Crippen LogP contribution in [0.3, 0.4) is 0 Å². The van der Waals surface area contributed by atoms with Gasteiger partial charge in [-0.15, -0.1) is 0 Å². The third-order valence-electron chi connectivity index (χ3n) is 2.58. The molecule has 0 bridgehead atoms. The normalized spacial score (nSPS) is 14.2. The molecule has 6 heteroatoms. The number of hydrogen-bond acceptors (Lipinski definition) is 4. The Labute approximate surface area is 101 Å². The molecule has 98 valence electrons. The summed E-state index contributed by atoms with van der Waals surface area (Å²) in [6.07, 6.45) is -0.251. The number of hydrogen-bond donors (Lipinski definition) is 3. The van der Waals surface area contributed by atoms with Gasteiger partial charge in [0.05, 0.1) is 18.4 Å². The molecule has 0 heterocycles. The second-order valence-electron chi connectivity index (χ2n) is 4.36. The lowest BCUT2D eigenvalue weighted by Crippen LogP contribution is -2.48. The monoisotopic (exact) mass is 244 g/mol. The van der Waals surface area contributed by atoms with Crippen LogP contribution in [0.5, 0.6) is 0 Å². The van der Waals surface area contributed by atoms with Gasteiger partial charge in [-0.3, -0.25) is 14.4 Å². The number of amides is 1. The van der Waals surface area contributed by atoms with Crippen LogP contribution in [0.15, 0.2) is 0 Å². The third-order valence-corrected chi connectivity index (χ3v) is 2.58. The van der Waals surface area contributed by atoms with E-state index in [1.165, 1.54) is 6.92 Å². The van der Waals surface area contributed by atoms with Crippen LogP contribution in [0.2, 0.25) is 0 Å². The first-order valence-corrected chi connectivity index (χ1v) is 5.52. The van der Waals surface area contributed by atoms with Gasteiger partial charge in [0, 0.05) is 6.54 Å². The molecule has 0 aromatic heterocycles. The first kappa shape index (κ1) is 15.6. The summed E-state index contributed by atoms with van der Waals surface area (Å²) < 4.78 is 0. The average Bonchev–Trinajstić information content (AvgIpc) is 2.20. The van der Waals surface area contributed by atoms with Gasteiger partial charge in [0.2, 0.25) is 5.91 Å². The molecule has 0 saturated heterocycles. The maximum atomic E-state index is 11.8. The van der Waals surface area contributed by atoms with E-state index in [0.717, 1.165) is 0 Å². The van der Waals surface area contributed by atoms with Crippen molar-refractivity contribution in [2.75, 3.05) is 6.54 Å². The van der Waals surface area contributed by atoms with Crippen molar-refractivity contribution in [3.63, 3.8) is 0 Å². The summed E-state index contributed by atoms with van der Waals surface area (Å²) in [7, 11) is 0. The summed E-state index contributed by atoms with van der Waals surface area (Å²) in [5.41, 5.74) is 5.35. The van der Waals surface area contributed by atoms with E-state index in [9.17, 15) is 14.4 Å². The lowest BCUT2D eigenvalue weighted by Gasteiger charge is -2.21. The van der Waals surface area contributed by atoms with E-state index in [1.54, 1.807) is 13.8 Å². The molecule has 0 aliphatic carbocycles. The van der Waals surface area contributed by atoms with Crippen LogP contribution < -0.4 is 11.1 Å². The van der Waals surface area contributed by atoms with Crippen LogP contribution in [-0.4, -0.2) is 35.4 Å². The van der Waals surface area contributed by atoms with E-state index < -0.39 is 23.8 Å². The van der Waals surface area contributed by atoms with Crippen molar-refractivity contribution < 1.29 is 19.5 Å².